The smallest absolute Gasteiger partial charge is 0.320 e. The Morgan fingerprint density at radius 1 is 0.871 bits per heavy atom. The van der Waals surface area contributed by atoms with Crippen LogP contribution in [-0.2, 0) is 23.9 Å². The van der Waals surface area contributed by atoms with Gasteiger partial charge in [-0.25, -0.2) is 0 Å². The van der Waals surface area contributed by atoms with Crippen LogP contribution in [0.2, 0.25) is 0 Å². The molecule has 1 atom stereocenters. The summed E-state index contributed by atoms with van der Waals surface area (Å²) in [7, 11) is 0. The van der Waals surface area contributed by atoms with Crippen molar-refractivity contribution in [3.63, 3.8) is 0 Å². The van der Waals surface area contributed by atoms with Gasteiger partial charge in [0, 0.05) is 18.8 Å². The Hall–Kier alpha value is -2.43. The van der Waals surface area contributed by atoms with Crippen molar-refractivity contribution in [1.82, 2.24) is 0 Å². The summed E-state index contributed by atoms with van der Waals surface area (Å²) in [5.41, 5.74) is 0.932. The first-order chi connectivity index (χ1) is 14.9. The second-order valence-corrected chi connectivity index (χ2v) is 8.29. The van der Waals surface area contributed by atoms with Gasteiger partial charge in [-0.05, 0) is 24.3 Å². The Kier molecular flexibility index (Phi) is 13.2. The molecular formula is C26H38O5. The first kappa shape index (κ1) is 26.6. The number of allylic oxidation sites excluding steroid dienone is 1. The molecule has 1 rings (SSSR count). The van der Waals surface area contributed by atoms with Crippen LogP contribution in [0.1, 0.15) is 71.8 Å². The van der Waals surface area contributed by atoms with Crippen molar-refractivity contribution >= 4 is 23.8 Å². The Morgan fingerprint density at radius 3 is 1.90 bits per heavy atom. The van der Waals surface area contributed by atoms with Gasteiger partial charge in [0.1, 0.15) is 5.78 Å². The highest BCUT2D eigenvalue weighted by Gasteiger charge is 2.37. The molecule has 31 heavy (non-hydrogen) atoms. The fourth-order valence-corrected chi connectivity index (χ4v) is 3.16. The minimum Gasteiger partial charge on any atom is -0.465 e. The number of esters is 2. The maximum atomic E-state index is 12.9. The lowest BCUT2D eigenvalue weighted by Gasteiger charge is -2.22. The maximum absolute atomic E-state index is 12.9. The van der Waals surface area contributed by atoms with Crippen LogP contribution in [0.25, 0.3) is 6.08 Å². The molecule has 0 radical (unpaired) electrons. The molecule has 0 saturated heterocycles. The molecule has 0 aliphatic heterocycles. The van der Waals surface area contributed by atoms with Gasteiger partial charge in [-0.2, -0.15) is 0 Å². The molecule has 0 heterocycles. The van der Waals surface area contributed by atoms with E-state index in [1.165, 1.54) is 0 Å². The molecule has 0 N–H and O–H groups in total. The first-order valence-electron chi connectivity index (χ1n) is 11.5. The van der Waals surface area contributed by atoms with E-state index in [0.29, 0.717) is 6.42 Å². The molecule has 0 bridgehead atoms. The molecule has 5 heteroatoms. The van der Waals surface area contributed by atoms with Crippen LogP contribution in [0.15, 0.2) is 36.4 Å². The fourth-order valence-electron chi connectivity index (χ4n) is 3.16. The molecule has 1 aromatic carbocycles. The SMILES string of the molecule is CCCCOC(=O)C(C(=O)OCCCC)C(/C=C/c1ccccc1)CC(=O)CC(C)C. The average Bonchev–Trinajstić information content (AvgIpc) is 2.72. The zero-order chi connectivity index (χ0) is 23.1. The van der Waals surface area contributed by atoms with Crippen LogP contribution in [0.3, 0.4) is 0 Å². The van der Waals surface area contributed by atoms with E-state index in [2.05, 4.69) is 0 Å². The summed E-state index contributed by atoms with van der Waals surface area (Å²) in [4.78, 5) is 38.4. The quantitative estimate of drug-likeness (QED) is 0.205. The monoisotopic (exact) mass is 430 g/mol. The molecule has 1 unspecified atom stereocenters. The minimum atomic E-state index is -1.15. The van der Waals surface area contributed by atoms with Crippen LogP contribution < -0.4 is 0 Å². The third-order valence-corrected chi connectivity index (χ3v) is 4.86. The zero-order valence-electron chi connectivity index (χ0n) is 19.5. The summed E-state index contributed by atoms with van der Waals surface area (Å²) in [6.07, 6.45) is 7.32. The number of hydrogen-bond donors (Lipinski definition) is 0. The number of ether oxygens (including phenoxy) is 2. The van der Waals surface area contributed by atoms with Crippen molar-refractivity contribution < 1.29 is 23.9 Å². The van der Waals surface area contributed by atoms with Crippen molar-refractivity contribution in [2.75, 3.05) is 13.2 Å². The van der Waals surface area contributed by atoms with Crippen LogP contribution >= 0.6 is 0 Å². The molecule has 172 valence electrons. The number of Topliss-reactive ketones (excluding diaryl/α,β-unsaturated/α-hetero) is 1. The third kappa shape index (κ3) is 11.0. The Balaban J connectivity index is 3.15. The molecule has 5 nitrogen and oxygen atoms in total. The van der Waals surface area contributed by atoms with Crippen LogP contribution in [0.5, 0.6) is 0 Å². The molecule has 0 aromatic heterocycles. The minimum absolute atomic E-state index is 0.0189. The summed E-state index contributed by atoms with van der Waals surface area (Å²) >= 11 is 0. The van der Waals surface area contributed by atoms with Gasteiger partial charge in [0.25, 0.3) is 0 Å². The van der Waals surface area contributed by atoms with E-state index < -0.39 is 23.8 Å². The number of ketones is 1. The zero-order valence-corrected chi connectivity index (χ0v) is 19.5. The predicted molar refractivity (Wildman–Crippen MR) is 123 cm³/mol. The Labute approximate surface area is 187 Å². The van der Waals surface area contributed by atoms with E-state index in [0.717, 1.165) is 31.2 Å². The summed E-state index contributed by atoms with van der Waals surface area (Å²) in [5.74, 6) is -2.77. The van der Waals surface area contributed by atoms with E-state index in [9.17, 15) is 14.4 Å². The molecule has 0 saturated carbocycles. The Bertz CT molecular complexity index is 671. The number of carbonyl (C=O) groups is 3. The fraction of sp³-hybridized carbons (Fsp3) is 0.577. The van der Waals surface area contributed by atoms with Gasteiger partial charge in [-0.15, -0.1) is 0 Å². The molecule has 1 aromatic rings. The second-order valence-electron chi connectivity index (χ2n) is 8.29. The molecule has 0 amide bonds. The lowest BCUT2D eigenvalue weighted by Crippen LogP contribution is -2.35. The Morgan fingerprint density at radius 2 is 1.42 bits per heavy atom. The number of benzene rings is 1. The van der Waals surface area contributed by atoms with Gasteiger partial charge >= 0.3 is 11.9 Å². The van der Waals surface area contributed by atoms with Crippen LogP contribution in [0.4, 0.5) is 0 Å². The van der Waals surface area contributed by atoms with Gasteiger partial charge < -0.3 is 9.47 Å². The highest BCUT2D eigenvalue weighted by molar-refractivity contribution is 5.96. The highest BCUT2D eigenvalue weighted by Crippen LogP contribution is 2.25. The highest BCUT2D eigenvalue weighted by atomic mass is 16.6. The largest absolute Gasteiger partial charge is 0.465 e. The molecule has 0 fully saturated rings. The molecule has 0 spiro atoms. The predicted octanol–water partition coefficient (Wildman–Crippen LogP) is 5.62. The molecule has 0 aliphatic carbocycles. The van der Waals surface area contributed by atoms with Crippen LogP contribution in [0, 0.1) is 17.8 Å². The van der Waals surface area contributed by atoms with Gasteiger partial charge in [0.2, 0.25) is 0 Å². The lowest BCUT2D eigenvalue weighted by molar-refractivity contribution is -0.164. The van der Waals surface area contributed by atoms with Crippen molar-refractivity contribution in [2.24, 2.45) is 17.8 Å². The van der Waals surface area contributed by atoms with E-state index in [1.807, 2.05) is 64.1 Å². The third-order valence-electron chi connectivity index (χ3n) is 4.86. The van der Waals surface area contributed by atoms with Crippen molar-refractivity contribution in [1.29, 1.82) is 0 Å². The maximum Gasteiger partial charge on any atom is 0.320 e. The molecular weight excluding hydrogens is 392 g/mol. The second kappa shape index (κ2) is 15.4. The standard InChI is InChI=1S/C26H38O5/c1-5-7-16-30-25(28)24(26(29)31-17-8-6-2)22(19-23(27)18-20(3)4)15-14-21-12-10-9-11-13-21/h9-15,20,22,24H,5-8,16-19H2,1-4H3/b15-14+. The lowest BCUT2D eigenvalue weighted by atomic mass is 9.85. The van der Waals surface area contributed by atoms with Crippen LogP contribution in [-0.4, -0.2) is 30.9 Å². The number of hydrogen-bond acceptors (Lipinski definition) is 5. The van der Waals surface area contributed by atoms with Crippen molar-refractivity contribution in [2.45, 2.75) is 66.2 Å². The van der Waals surface area contributed by atoms with Crippen molar-refractivity contribution in [3.8, 4) is 0 Å². The average molecular weight is 431 g/mol. The summed E-state index contributed by atoms with van der Waals surface area (Å²) < 4.78 is 10.8. The van der Waals surface area contributed by atoms with E-state index >= 15 is 0 Å². The normalized spacial score (nSPS) is 12.3. The molecule has 0 aliphatic rings. The number of carbonyl (C=O) groups excluding carboxylic acids is 3. The first-order valence-corrected chi connectivity index (χ1v) is 11.5. The van der Waals surface area contributed by atoms with Crippen molar-refractivity contribution in [3.05, 3.63) is 42.0 Å². The van der Waals surface area contributed by atoms with Gasteiger partial charge in [-0.1, -0.05) is 83.0 Å². The van der Waals surface area contributed by atoms with Gasteiger partial charge in [0.15, 0.2) is 5.92 Å². The summed E-state index contributed by atoms with van der Waals surface area (Å²) in [6.45, 7) is 8.46. The number of unbranched alkanes of at least 4 members (excludes halogenated alkanes) is 2. The van der Waals surface area contributed by atoms with E-state index in [-0.39, 0.29) is 31.3 Å². The number of rotatable bonds is 15. The van der Waals surface area contributed by atoms with Gasteiger partial charge in [-0.3, -0.25) is 14.4 Å². The van der Waals surface area contributed by atoms with E-state index in [1.54, 1.807) is 6.08 Å². The topological polar surface area (TPSA) is 69.7 Å². The summed E-state index contributed by atoms with van der Waals surface area (Å²) in [5, 5.41) is 0. The summed E-state index contributed by atoms with van der Waals surface area (Å²) in [6, 6.07) is 9.59. The van der Waals surface area contributed by atoms with E-state index in [4.69, 9.17) is 9.47 Å². The van der Waals surface area contributed by atoms with Gasteiger partial charge in [0.05, 0.1) is 13.2 Å².